The summed E-state index contributed by atoms with van der Waals surface area (Å²) in [5.74, 6) is 0.0886. The van der Waals surface area contributed by atoms with Gasteiger partial charge in [0.15, 0.2) is 11.5 Å². The monoisotopic (exact) mass is 489 g/mol. The molecule has 192 valence electrons. The van der Waals surface area contributed by atoms with Crippen LogP contribution in [0.25, 0.3) is 0 Å². The van der Waals surface area contributed by atoms with Crippen LogP contribution < -0.4 is 20.1 Å². The minimum absolute atomic E-state index is 0.192. The van der Waals surface area contributed by atoms with Crippen molar-refractivity contribution >= 4 is 18.0 Å². The van der Waals surface area contributed by atoms with E-state index in [1.807, 2.05) is 6.92 Å². The number of methoxy groups -OCH3 is 1. The highest BCUT2D eigenvalue weighted by Crippen LogP contribution is 2.35. The molecule has 0 spiro atoms. The fraction of sp³-hybridized carbons (Fsp3) is 0.560. The molecule has 3 rings (SSSR count). The molecular weight excluding hydrogens is 454 g/mol. The standard InChI is InChI=1S/C25H35N3O7/c1-5-33-19-11-10-16(13-20(19)32-4)22-21(24(30)35-7-3)18(26-25(31)27-22)15-28-12-8-9-17(14-28)23(29)34-6-2/h10-11,13,17,22H,5-9,12,14-15H2,1-4H3,(H2,26,27,31)/t17-,22+/m1/s1. The van der Waals surface area contributed by atoms with E-state index in [2.05, 4.69) is 15.5 Å². The number of nitrogens with one attached hydrogen (secondary N) is 2. The Morgan fingerprint density at radius 2 is 1.86 bits per heavy atom. The molecule has 0 aliphatic carbocycles. The fourth-order valence-corrected chi connectivity index (χ4v) is 4.46. The van der Waals surface area contributed by atoms with Gasteiger partial charge in [0.05, 0.1) is 44.5 Å². The van der Waals surface area contributed by atoms with Crippen molar-refractivity contribution in [2.75, 3.05) is 46.6 Å². The smallest absolute Gasteiger partial charge is 0.338 e. The number of rotatable bonds is 10. The number of hydrogen-bond acceptors (Lipinski definition) is 8. The number of amides is 2. The summed E-state index contributed by atoms with van der Waals surface area (Å²) in [6.07, 6.45) is 1.57. The molecule has 1 aromatic carbocycles. The van der Waals surface area contributed by atoms with Crippen molar-refractivity contribution in [2.24, 2.45) is 5.92 Å². The zero-order valence-corrected chi connectivity index (χ0v) is 20.8. The van der Waals surface area contributed by atoms with Crippen molar-refractivity contribution in [2.45, 2.75) is 39.7 Å². The number of hydrogen-bond donors (Lipinski definition) is 2. The number of benzene rings is 1. The highest BCUT2D eigenvalue weighted by atomic mass is 16.5. The Kier molecular flexibility index (Phi) is 9.36. The van der Waals surface area contributed by atoms with Crippen LogP contribution in [-0.4, -0.2) is 69.4 Å². The van der Waals surface area contributed by atoms with Crippen molar-refractivity contribution in [1.29, 1.82) is 0 Å². The first-order valence-corrected chi connectivity index (χ1v) is 12.1. The van der Waals surface area contributed by atoms with Crippen LogP contribution in [0.2, 0.25) is 0 Å². The van der Waals surface area contributed by atoms with Crippen molar-refractivity contribution < 1.29 is 33.3 Å². The molecule has 2 aliphatic heterocycles. The van der Waals surface area contributed by atoms with E-state index in [4.69, 9.17) is 18.9 Å². The van der Waals surface area contributed by atoms with Crippen LogP contribution in [0.3, 0.4) is 0 Å². The number of likely N-dealkylation sites (tertiary alicyclic amines) is 1. The molecule has 10 nitrogen and oxygen atoms in total. The molecule has 2 atom stereocenters. The van der Waals surface area contributed by atoms with Crippen LogP contribution in [0.15, 0.2) is 29.5 Å². The van der Waals surface area contributed by atoms with E-state index in [1.165, 1.54) is 7.11 Å². The van der Waals surface area contributed by atoms with E-state index in [1.54, 1.807) is 32.0 Å². The minimum Gasteiger partial charge on any atom is -0.493 e. The molecule has 0 bridgehead atoms. The van der Waals surface area contributed by atoms with Gasteiger partial charge in [0.1, 0.15) is 0 Å². The Balaban J connectivity index is 1.95. The maximum Gasteiger partial charge on any atom is 0.338 e. The van der Waals surface area contributed by atoms with Gasteiger partial charge in [-0.05, 0) is 57.9 Å². The van der Waals surface area contributed by atoms with E-state index in [9.17, 15) is 14.4 Å². The molecule has 0 unspecified atom stereocenters. The van der Waals surface area contributed by atoms with E-state index in [0.717, 1.165) is 19.4 Å². The largest absolute Gasteiger partial charge is 0.493 e. The summed E-state index contributed by atoms with van der Waals surface area (Å²) < 4.78 is 21.6. The highest BCUT2D eigenvalue weighted by molar-refractivity contribution is 5.95. The second-order valence-corrected chi connectivity index (χ2v) is 8.31. The van der Waals surface area contributed by atoms with Gasteiger partial charge in [-0.3, -0.25) is 9.69 Å². The SMILES string of the molecule is CCOC(=O)C1=C(CN2CCC[C@@H](C(=O)OCC)C2)NC(=O)N[C@H]1c1ccc(OCC)c(OC)c1. The van der Waals surface area contributed by atoms with Crippen molar-refractivity contribution in [3.63, 3.8) is 0 Å². The lowest BCUT2D eigenvalue weighted by Gasteiger charge is -2.35. The number of urea groups is 1. The molecule has 10 heteroatoms. The fourth-order valence-electron chi connectivity index (χ4n) is 4.46. The molecular formula is C25H35N3O7. The molecule has 2 aliphatic rings. The molecule has 1 saturated heterocycles. The summed E-state index contributed by atoms with van der Waals surface area (Å²) in [5.41, 5.74) is 1.43. The first kappa shape index (κ1) is 26.3. The van der Waals surface area contributed by atoms with Crippen LogP contribution in [0.1, 0.15) is 45.2 Å². The Labute approximate surface area is 205 Å². The van der Waals surface area contributed by atoms with Crippen molar-refractivity contribution in [3.8, 4) is 11.5 Å². The van der Waals surface area contributed by atoms with Gasteiger partial charge in [0, 0.05) is 18.8 Å². The van der Waals surface area contributed by atoms with Gasteiger partial charge < -0.3 is 29.6 Å². The number of carbonyl (C=O) groups is 3. The summed E-state index contributed by atoms with van der Waals surface area (Å²) in [6.45, 7) is 7.92. The number of esters is 2. The molecule has 1 fully saturated rings. The number of ether oxygens (including phenoxy) is 4. The third kappa shape index (κ3) is 6.45. The molecule has 1 aromatic rings. The van der Waals surface area contributed by atoms with Gasteiger partial charge in [-0.25, -0.2) is 9.59 Å². The molecule has 0 aromatic heterocycles. The third-order valence-corrected chi connectivity index (χ3v) is 5.98. The van der Waals surface area contributed by atoms with Crippen LogP contribution in [-0.2, 0) is 19.1 Å². The van der Waals surface area contributed by atoms with Crippen LogP contribution in [0.5, 0.6) is 11.5 Å². The Morgan fingerprint density at radius 1 is 1.09 bits per heavy atom. The maximum absolute atomic E-state index is 13.1. The zero-order chi connectivity index (χ0) is 25.4. The van der Waals surface area contributed by atoms with E-state index in [-0.39, 0.29) is 18.5 Å². The highest BCUT2D eigenvalue weighted by Gasteiger charge is 2.36. The van der Waals surface area contributed by atoms with E-state index in [0.29, 0.717) is 54.6 Å². The lowest BCUT2D eigenvalue weighted by molar-refractivity contribution is -0.150. The summed E-state index contributed by atoms with van der Waals surface area (Å²) in [6, 6.07) is 4.12. The summed E-state index contributed by atoms with van der Waals surface area (Å²) in [7, 11) is 1.53. The predicted molar refractivity (Wildman–Crippen MR) is 128 cm³/mol. The minimum atomic E-state index is -0.743. The molecule has 2 heterocycles. The van der Waals surface area contributed by atoms with E-state index >= 15 is 0 Å². The zero-order valence-electron chi connectivity index (χ0n) is 20.8. The first-order valence-electron chi connectivity index (χ1n) is 12.1. The Hall–Kier alpha value is -3.27. The molecule has 2 amide bonds. The lowest BCUT2D eigenvalue weighted by atomic mass is 9.93. The van der Waals surface area contributed by atoms with Gasteiger partial charge in [0.2, 0.25) is 0 Å². The second-order valence-electron chi connectivity index (χ2n) is 8.31. The first-order chi connectivity index (χ1) is 16.9. The summed E-state index contributed by atoms with van der Waals surface area (Å²) >= 11 is 0. The normalized spacial score (nSPS) is 20.5. The van der Waals surface area contributed by atoms with Crippen LogP contribution in [0.4, 0.5) is 4.79 Å². The summed E-state index contributed by atoms with van der Waals surface area (Å²) in [5, 5.41) is 5.64. The molecule has 0 radical (unpaired) electrons. The predicted octanol–water partition coefficient (Wildman–Crippen LogP) is 2.54. The van der Waals surface area contributed by atoms with E-state index < -0.39 is 18.0 Å². The lowest BCUT2D eigenvalue weighted by Crippen LogP contribution is -2.50. The maximum atomic E-state index is 13.1. The molecule has 2 N–H and O–H groups in total. The van der Waals surface area contributed by atoms with Gasteiger partial charge in [-0.2, -0.15) is 0 Å². The topological polar surface area (TPSA) is 115 Å². The number of nitrogens with zero attached hydrogens (tertiary/aromatic N) is 1. The van der Waals surface area contributed by atoms with Crippen molar-refractivity contribution in [1.82, 2.24) is 15.5 Å². The van der Waals surface area contributed by atoms with Crippen LogP contribution in [0, 0.1) is 5.92 Å². The quantitative estimate of drug-likeness (QED) is 0.482. The Morgan fingerprint density at radius 3 is 2.54 bits per heavy atom. The average Bonchev–Trinajstić information content (AvgIpc) is 2.84. The van der Waals surface area contributed by atoms with Crippen LogP contribution >= 0.6 is 0 Å². The van der Waals surface area contributed by atoms with Gasteiger partial charge in [0.25, 0.3) is 0 Å². The third-order valence-electron chi connectivity index (χ3n) is 5.98. The summed E-state index contributed by atoms with van der Waals surface area (Å²) in [4.78, 5) is 40.1. The van der Waals surface area contributed by atoms with Crippen molar-refractivity contribution in [3.05, 3.63) is 35.0 Å². The molecule has 0 saturated carbocycles. The Bertz CT molecular complexity index is 962. The van der Waals surface area contributed by atoms with Gasteiger partial charge in [-0.15, -0.1) is 0 Å². The van der Waals surface area contributed by atoms with Gasteiger partial charge >= 0.3 is 18.0 Å². The average molecular weight is 490 g/mol. The molecule has 35 heavy (non-hydrogen) atoms. The van der Waals surface area contributed by atoms with Gasteiger partial charge in [-0.1, -0.05) is 6.07 Å². The second kappa shape index (κ2) is 12.4. The number of piperidine rings is 1. The number of carbonyl (C=O) groups excluding carboxylic acids is 3.